The van der Waals surface area contributed by atoms with E-state index in [0.717, 1.165) is 17.7 Å². The molecule has 0 aliphatic carbocycles. The van der Waals surface area contributed by atoms with Crippen molar-refractivity contribution in [1.29, 1.82) is 0 Å². The van der Waals surface area contributed by atoms with Crippen molar-refractivity contribution in [1.82, 2.24) is 14.9 Å². The van der Waals surface area contributed by atoms with Gasteiger partial charge in [0.25, 0.3) is 0 Å². The fourth-order valence-electron chi connectivity index (χ4n) is 2.27. The van der Waals surface area contributed by atoms with Crippen molar-refractivity contribution in [3.05, 3.63) is 32.8 Å². The van der Waals surface area contributed by atoms with Crippen LogP contribution < -0.4 is 5.32 Å². The average Bonchev–Trinajstić information content (AvgIpc) is 2.89. The predicted octanol–water partition coefficient (Wildman–Crippen LogP) is 2.73. The number of hydrogen-bond donors (Lipinski definition) is 1. The van der Waals surface area contributed by atoms with Crippen molar-refractivity contribution in [2.24, 2.45) is 0 Å². The van der Waals surface area contributed by atoms with E-state index in [9.17, 15) is 10.1 Å². The molecule has 0 saturated carbocycles. The van der Waals surface area contributed by atoms with Crippen LogP contribution in [0, 0.1) is 30.9 Å². The summed E-state index contributed by atoms with van der Waals surface area (Å²) in [4.78, 5) is 10.8. The summed E-state index contributed by atoms with van der Waals surface area (Å²) >= 11 is 0. The molecule has 0 atom stereocenters. The Morgan fingerprint density at radius 3 is 2.57 bits per heavy atom. The van der Waals surface area contributed by atoms with Gasteiger partial charge in [-0.15, -0.1) is 0 Å². The first-order chi connectivity index (χ1) is 9.95. The normalized spacial score (nSPS) is 10.9. The lowest BCUT2D eigenvalue weighted by Crippen LogP contribution is -2.10. The first kappa shape index (κ1) is 15.0. The Morgan fingerprint density at radius 2 is 2.05 bits per heavy atom. The van der Waals surface area contributed by atoms with Crippen LogP contribution in [0.2, 0.25) is 0 Å². The summed E-state index contributed by atoms with van der Waals surface area (Å²) in [6.07, 6.45) is 0.846. The quantitative estimate of drug-likeness (QED) is 0.649. The molecule has 21 heavy (non-hydrogen) atoms. The molecule has 0 aromatic carbocycles. The zero-order chi connectivity index (χ0) is 15.6. The van der Waals surface area contributed by atoms with Gasteiger partial charge >= 0.3 is 5.69 Å². The molecule has 0 amide bonds. The zero-order valence-corrected chi connectivity index (χ0v) is 12.6. The Labute approximate surface area is 122 Å². The molecule has 2 rings (SSSR count). The lowest BCUT2D eigenvalue weighted by Gasteiger charge is -2.08. The van der Waals surface area contributed by atoms with Crippen LogP contribution in [-0.2, 0) is 13.1 Å². The SMILES string of the molecule is CCCn1nc(C)c([N+](=O)[O-])c1NCc1c(C)noc1C. The molecule has 1 N–H and O–H groups in total. The minimum atomic E-state index is -0.399. The molecule has 0 aliphatic heterocycles. The number of nitrogens with zero attached hydrogens (tertiary/aromatic N) is 4. The first-order valence-corrected chi connectivity index (χ1v) is 6.83. The fraction of sp³-hybridized carbons (Fsp3) is 0.538. The van der Waals surface area contributed by atoms with E-state index in [4.69, 9.17) is 4.52 Å². The van der Waals surface area contributed by atoms with Gasteiger partial charge in [0.15, 0.2) is 0 Å². The Morgan fingerprint density at radius 1 is 1.33 bits per heavy atom. The predicted molar refractivity (Wildman–Crippen MR) is 77.2 cm³/mol. The van der Waals surface area contributed by atoms with Gasteiger partial charge in [-0.1, -0.05) is 12.1 Å². The molecule has 0 spiro atoms. The van der Waals surface area contributed by atoms with Crippen molar-refractivity contribution >= 4 is 11.5 Å². The highest BCUT2D eigenvalue weighted by Gasteiger charge is 2.25. The van der Waals surface area contributed by atoms with E-state index in [1.807, 2.05) is 20.8 Å². The van der Waals surface area contributed by atoms with Crippen LogP contribution in [0.25, 0.3) is 0 Å². The van der Waals surface area contributed by atoms with Crippen LogP contribution in [0.3, 0.4) is 0 Å². The molecule has 0 unspecified atom stereocenters. The first-order valence-electron chi connectivity index (χ1n) is 6.83. The second kappa shape index (κ2) is 5.94. The van der Waals surface area contributed by atoms with Crippen molar-refractivity contribution in [3.8, 4) is 0 Å². The Bertz CT molecular complexity index is 640. The lowest BCUT2D eigenvalue weighted by atomic mass is 10.2. The summed E-state index contributed by atoms with van der Waals surface area (Å²) < 4.78 is 6.74. The van der Waals surface area contributed by atoms with Crippen LogP contribution in [-0.4, -0.2) is 19.9 Å². The number of nitrogens with one attached hydrogen (secondary N) is 1. The van der Waals surface area contributed by atoms with Crippen molar-refractivity contribution in [3.63, 3.8) is 0 Å². The van der Waals surface area contributed by atoms with Crippen LogP contribution in [0.1, 0.15) is 36.1 Å². The van der Waals surface area contributed by atoms with Crippen LogP contribution in [0.15, 0.2) is 4.52 Å². The summed E-state index contributed by atoms with van der Waals surface area (Å²) in [6, 6.07) is 0. The van der Waals surface area contributed by atoms with Gasteiger partial charge in [0, 0.05) is 18.7 Å². The van der Waals surface area contributed by atoms with E-state index >= 15 is 0 Å². The number of anilines is 1. The van der Waals surface area contributed by atoms with E-state index in [-0.39, 0.29) is 5.69 Å². The Kier molecular flexibility index (Phi) is 4.25. The van der Waals surface area contributed by atoms with Crippen LogP contribution in [0.5, 0.6) is 0 Å². The van der Waals surface area contributed by atoms with Gasteiger partial charge in [-0.25, -0.2) is 4.68 Å². The maximum atomic E-state index is 11.2. The second-order valence-corrected chi connectivity index (χ2v) is 4.92. The summed E-state index contributed by atoms with van der Waals surface area (Å²) in [6.45, 7) is 8.35. The molecule has 0 bridgehead atoms. The maximum absolute atomic E-state index is 11.2. The van der Waals surface area contributed by atoms with Gasteiger partial charge in [-0.05, 0) is 27.2 Å². The molecule has 8 nitrogen and oxygen atoms in total. The highest BCUT2D eigenvalue weighted by Crippen LogP contribution is 2.29. The third-order valence-corrected chi connectivity index (χ3v) is 3.33. The molecule has 0 fully saturated rings. The Balaban J connectivity index is 2.31. The molecular weight excluding hydrogens is 274 g/mol. The van der Waals surface area contributed by atoms with Crippen LogP contribution >= 0.6 is 0 Å². The van der Waals surface area contributed by atoms with Gasteiger partial charge < -0.3 is 9.84 Å². The smallest absolute Gasteiger partial charge is 0.333 e. The number of aryl methyl sites for hydroxylation is 4. The summed E-state index contributed by atoms with van der Waals surface area (Å²) in [7, 11) is 0. The fourth-order valence-corrected chi connectivity index (χ4v) is 2.27. The molecule has 0 aliphatic rings. The van der Waals surface area contributed by atoms with Gasteiger partial charge in [0.05, 0.1) is 10.6 Å². The van der Waals surface area contributed by atoms with E-state index < -0.39 is 4.92 Å². The molecule has 2 aromatic rings. The number of rotatable bonds is 6. The third kappa shape index (κ3) is 2.88. The minimum absolute atomic E-state index is 0.0233. The maximum Gasteiger partial charge on any atom is 0.333 e. The summed E-state index contributed by atoms with van der Waals surface area (Å²) in [5.41, 5.74) is 2.12. The topological polar surface area (TPSA) is 99.0 Å². The monoisotopic (exact) mass is 293 g/mol. The highest BCUT2D eigenvalue weighted by atomic mass is 16.6. The summed E-state index contributed by atoms with van der Waals surface area (Å²) in [5, 5.41) is 22.5. The summed E-state index contributed by atoms with van der Waals surface area (Å²) in [5.74, 6) is 1.14. The number of hydrogen-bond acceptors (Lipinski definition) is 6. The second-order valence-electron chi connectivity index (χ2n) is 4.92. The van der Waals surface area contributed by atoms with E-state index in [1.165, 1.54) is 0 Å². The van der Waals surface area contributed by atoms with Crippen LogP contribution in [0.4, 0.5) is 11.5 Å². The van der Waals surface area contributed by atoms with E-state index in [1.54, 1.807) is 11.6 Å². The number of aromatic nitrogens is 3. The standard InChI is InChI=1S/C13H19N5O3/c1-5-6-17-13(12(18(19)20)9(3)15-17)14-7-11-8(2)16-21-10(11)4/h14H,5-7H2,1-4H3. The third-order valence-electron chi connectivity index (χ3n) is 3.33. The molecular formula is C13H19N5O3. The van der Waals surface area contributed by atoms with Gasteiger partial charge in [0.1, 0.15) is 11.5 Å². The van der Waals surface area contributed by atoms with Crippen molar-refractivity contribution in [2.45, 2.75) is 47.2 Å². The molecule has 0 radical (unpaired) electrons. The molecule has 114 valence electrons. The van der Waals surface area contributed by atoms with Crippen molar-refractivity contribution in [2.75, 3.05) is 5.32 Å². The molecule has 2 aromatic heterocycles. The van der Waals surface area contributed by atoms with Gasteiger partial charge in [-0.2, -0.15) is 5.10 Å². The minimum Gasteiger partial charge on any atom is -0.361 e. The largest absolute Gasteiger partial charge is 0.361 e. The van der Waals surface area contributed by atoms with E-state index in [0.29, 0.717) is 30.4 Å². The molecule has 2 heterocycles. The molecule has 0 saturated heterocycles. The lowest BCUT2D eigenvalue weighted by molar-refractivity contribution is -0.384. The Hall–Kier alpha value is -2.38. The highest BCUT2D eigenvalue weighted by molar-refractivity contribution is 5.59. The van der Waals surface area contributed by atoms with Crippen molar-refractivity contribution < 1.29 is 9.45 Å². The van der Waals surface area contributed by atoms with Gasteiger partial charge in [0.2, 0.25) is 5.82 Å². The average molecular weight is 293 g/mol. The van der Waals surface area contributed by atoms with E-state index in [2.05, 4.69) is 15.6 Å². The molecule has 8 heteroatoms. The van der Waals surface area contributed by atoms with Gasteiger partial charge in [-0.3, -0.25) is 10.1 Å². The number of nitro groups is 1. The zero-order valence-electron chi connectivity index (χ0n) is 12.6.